The lowest BCUT2D eigenvalue weighted by Crippen LogP contribution is -2.55. The third kappa shape index (κ3) is 2.36. The van der Waals surface area contributed by atoms with Crippen molar-refractivity contribution in [3.63, 3.8) is 0 Å². The number of nitrogens with two attached hydrogens (primary N) is 1. The molecule has 2 heterocycles. The van der Waals surface area contributed by atoms with E-state index in [-0.39, 0.29) is 6.04 Å². The molecule has 0 saturated carbocycles. The van der Waals surface area contributed by atoms with Gasteiger partial charge >= 0.3 is 5.97 Å². The molecule has 0 aromatic carbocycles. The summed E-state index contributed by atoms with van der Waals surface area (Å²) in [6.07, 6.45) is 3.03. The summed E-state index contributed by atoms with van der Waals surface area (Å²) < 4.78 is 0. The Morgan fingerprint density at radius 3 is 2.94 bits per heavy atom. The van der Waals surface area contributed by atoms with Gasteiger partial charge in [-0.05, 0) is 32.4 Å². The number of carboxylic acid groups (broad SMARTS) is 1. The molecule has 2 saturated heterocycles. The van der Waals surface area contributed by atoms with Gasteiger partial charge in [-0.15, -0.1) is 0 Å². The highest BCUT2D eigenvalue weighted by Gasteiger charge is 2.35. The summed E-state index contributed by atoms with van der Waals surface area (Å²) in [7, 11) is 0. The predicted octanol–water partition coefficient (Wildman–Crippen LogP) is -0.432. The van der Waals surface area contributed by atoms with Crippen LogP contribution >= 0.6 is 0 Å². The van der Waals surface area contributed by atoms with Crippen LogP contribution in [0.5, 0.6) is 0 Å². The molecular formula is C11H21N3O2. The van der Waals surface area contributed by atoms with E-state index in [0.29, 0.717) is 19.0 Å². The summed E-state index contributed by atoms with van der Waals surface area (Å²) in [6, 6.07) is 0.195. The van der Waals surface area contributed by atoms with Crippen molar-refractivity contribution in [2.24, 2.45) is 5.73 Å². The molecule has 0 aliphatic carbocycles. The van der Waals surface area contributed by atoms with E-state index >= 15 is 0 Å². The summed E-state index contributed by atoms with van der Waals surface area (Å²) in [5.41, 5.74) is 5.48. The standard InChI is InChI=1S/C11H21N3O2/c12-4-3-10(11(15)16)14-7-6-13-5-1-2-9(13)8-14/h9-10H,1-8,12H2,(H,15,16). The van der Waals surface area contributed by atoms with Crippen LogP contribution in [-0.4, -0.2) is 65.7 Å². The van der Waals surface area contributed by atoms with Crippen molar-refractivity contribution in [3.05, 3.63) is 0 Å². The molecule has 2 aliphatic rings. The van der Waals surface area contributed by atoms with Gasteiger partial charge in [-0.3, -0.25) is 14.6 Å². The molecule has 2 aliphatic heterocycles. The van der Waals surface area contributed by atoms with Crippen LogP contribution in [0.2, 0.25) is 0 Å². The number of carbonyl (C=O) groups is 1. The van der Waals surface area contributed by atoms with E-state index in [4.69, 9.17) is 5.73 Å². The van der Waals surface area contributed by atoms with Crippen LogP contribution in [-0.2, 0) is 4.79 Å². The van der Waals surface area contributed by atoms with E-state index in [1.54, 1.807) is 0 Å². The van der Waals surface area contributed by atoms with Crippen molar-refractivity contribution in [2.75, 3.05) is 32.7 Å². The average Bonchev–Trinajstić information content (AvgIpc) is 2.72. The Hall–Kier alpha value is -0.650. The second-order valence-electron chi connectivity index (χ2n) is 4.76. The number of rotatable bonds is 4. The van der Waals surface area contributed by atoms with Crippen molar-refractivity contribution in [1.82, 2.24) is 9.80 Å². The van der Waals surface area contributed by atoms with E-state index in [2.05, 4.69) is 9.80 Å². The average molecular weight is 227 g/mol. The fourth-order valence-corrected chi connectivity index (χ4v) is 2.92. The van der Waals surface area contributed by atoms with Crippen molar-refractivity contribution >= 4 is 5.97 Å². The molecule has 2 unspecified atom stereocenters. The fraction of sp³-hybridized carbons (Fsp3) is 0.909. The first-order valence-corrected chi connectivity index (χ1v) is 6.13. The number of fused-ring (bicyclic) bond motifs is 1. The second kappa shape index (κ2) is 5.12. The Balaban J connectivity index is 1.95. The van der Waals surface area contributed by atoms with Gasteiger partial charge in [0.15, 0.2) is 0 Å². The van der Waals surface area contributed by atoms with Gasteiger partial charge in [-0.1, -0.05) is 0 Å². The molecule has 5 heteroatoms. The van der Waals surface area contributed by atoms with Gasteiger partial charge in [0.05, 0.1) is 0 Å². The van der Waals surface area contributed by atoms with Crippen LogP contribution in [0.25, 0.3) is 0 Å². The molecule has 0 spiro atoms. The maximum Gasteiger partial charge on any atom is 0.320 e. The van der Waals surface area contributed by atoms with Crippen LogP contribution in [0.3, 0.4) is 0 Å². The highest BCUT2D eigenvalue weighted by Crippen LogP contribution is 2.23. The highest BCUT2D eigenvalue weighted by molar-refractivity contribution is 5.73. The van der Waals surface area contributed by atoms with Crippen molar-refractivity contribution in [2.45, 2.75) is 31.3 Å². The smallest absolute Gasteiger partial charge is 0.320 e. The number of hydrogen-bond acceptors (Lipinski definition) is 4. The van der Waals surface area contributed by atoms with Crippen molar-refractivity contribution in [3.8, 4) is 0 Å². The second-order valence-corrected chi connectivity index (χ2v) is 4.76. The lowest BCUT2D eigenvalue weighted by molar-refractivity contribution is -0.144. The maximum atomic E-state index is 11.2. The third-order valence-corrected chi connectivity index (χ3v) is 3.78. The molecule has 0 aromatic heterocycles. The molecule has 0 radical (unpaired) electrons. The van der Waals surface area contributed by atoms with Gasteiger partial charge in [0, 0.05) is 25.7 Å². The molecule has 0 aromatic rings. The van der Waals surface area contributed by atoms with Crippen LogP contribution in [0.1, 0.15) is 19.3 Å². The normalized spacial score (nSPS) is 28.9. The Labute approximate surface area is 96.2 Å². The number of piperazine rings is 1. The Kier molecular flexibility index (Phi) is 3.78. The van der Waals surface area contributed by atoms with E-state index in [9.17, 15) is 9.90 Å². The SMILES string of the molecule is NCCC(C(=O)O)N1CCN2CCCC2C1. The minimum Gasteiger partial charge on any atom is -0.480 e. The molecule has 92 valence electrons. The molecular weight excluding hydrogens is 206 g/mol. The minimum absolute atomic E-state index is 0.382. The molecule has 2 fully saturated rings. The van der Waals surface area contributed by atoms with Crippen molar-refractivity contribution in [1.29, 1.82) is 0 Å². The highest BCUT2D eigenvalue weighted by atomic mass is 16.4. The molecule has 2 atom stereocenters. The van der Waals surface area contributed by atoms with Crippen LogP contribution in [0.4, 0.5) is 0 Å². The summed E-state index contributed by atoms with van der Waals surface area (Å²) in [5, 5.41) is 9.19. The quantitative estimate of drug-likeness (QED) is 0.682. The van der Waals surface area contributed by atoms with Crippen LogP contribution in [0.15, 0.2) is 0 Å². The van der Waals surface area contributed by atoms with E-state index in [1.807, 2.05) is 0 Å². The molecule has 0 amide bonds. The van der Waals surface area contributed by atoms with Gasteiger partial charge in [0.25, 0.3) is 0 Å². The van der Waals surface area contributed by atoms with Crippen LogP contribution in [0, 0.1) is 0 Å². The predicted molar refractivity (Wildman–Crippen MR) is 61.3 cm³/mol. The number of carboxylic acids is 1. The summed E-state index contributed by atoms with van der Waals surface area (Å²) in [6.45, 7) is 4.42. The monoisotopic (exact) mass is 227 g/mol. The third-order valence-electron chi connectivity index (χ3n) is 3.78. The summed E-state index contributed by atoms with van der Waals surface area (Å²) in [5.74, 6) is -0.725. The van der Waals surface area contributed by atoms with E-state index in [0.717, 1.165) is 19.6 Å². The zero-order valence-corrected chi connectivity index (χ0v) is 9.64. The van der Waals surface area contributed by atoms with E-state index in [1.165, 1.54) is 19.4 Å². The lowest BCUT2D eigenvalue weighted by atomic mass is 10.1. The molecule has 16 heavy (non-hydrogen) atoms. The van der Waals surface area contributed by atoms with Crippen LogP contribution < -0.4 is 5.73 Å². The first-order valence-electron chi connectivity index (χ1n) is 6.13. The Morgan fingerprint density at radius 2 is 2.25 bits per heavy atom. The van der Waals surface area contributed by atoms with Gasteiger partial charge in [0.2, 0.25) is 0 Å². The largest absolute Gasteiger partial charge is 0.480 e. The Bertz CT molecular complexity index is 260. The van der Waals surface area contributed by atoms with E-state index < -0.39 is 5.97 Å². The summed E-state index contributed by atoms with van der Waals surface area (Å²) in [4.78, 5) is 15.8. The number of hydrogen-bond donors (Lipinski definition) is 2. The first-order chi connectivity index (χ1) is 7.72. The van der Waals surface area contributed by atoms with Gasteiger partial charge in [-0.2, -0.15) is 0 Å². The number of nitrogens with zero attached hydrogens (tertiary/aromatic N) is 2. The number of aliphatic carboxylic acids is 1. The van der Waals surface area contributed by atoms with Gasteiger partial charge < -0.3 is 10.8 Å². The molecule has 0 bridgehead atoms. The van der Waals surface area contributed by atoms with Gasteiger partial charge in [0.1, 0.15) is 6.04 Å². The minimum atomic E-state index is -0.725. The van der Waals surface area contributed by atoms with Crippen molar-refractivity contribution < 1.29 is 9.90 Å². The molecule has 3 N–H and O–H groups in total. The molecule has 2 rings (SSSR count). The fourth-order valence-electron chi connectivity index (χ4n) is 2.92. The first kappa shape index (κ1) is 11.8. The lowest BCUT2D eigenvalue weighted by Gasteiger charge is -2.40. The topological polar surface area (TPSA) is 69.8 Å². The zero-order chi connectivity index (χ0) is 11.5. The summed E-state index contributed by atoms with van der Waals surface area (Å²) >= 11 is 0. The van der Waals surface area contributed by atoms with Gasteiger partial charge in [-0.25, -0.2) is 0 Å². The zero-order valence-electron chi connectivity index (χ0n) is 9.64. The Morgan fingerprint density at radius 1 is 1.44 bits per heavy atom. The maximum absolute atomic E-state index is 11.2. The molecule has 5 nitrogen and oxygen atoms in total.